The molecule has 16 heteroatoms. The van der Waals surface area contributed by atoms with Crippen LogP contribution in [0.25, 0.3) is 0 Å². The lowest BCUT2D eigenvalue weighted by Crippen LogP contribution is -2.59. The van der Waals surface area contributed by atoms with Crippen molar-refractivity contribution in [1.29, 1.82) is 0 Å². The maximum Gasteiger partial charge on any atom is 0.348 e. The third-order valence-electron chi connectivity index (χ3n) is 11.9. The third-order valence-corrected chi connectivity index (χ3v) is 11.9. The number of urea groups is 1. The van der Waals surface area contributed by atoms with Crippen LogP contribution < -0.4 is 22.9 Å². The molecule has 5 unspecified atom stereocenters. The summed E-state index contributed by atoms with van der Waals surface area (Å²) in [6.45, 7) is 7.67. The minimum Gasteiger partial charge on any atom is -0.466 e. The first-order chi connectivity index (χ1) is 24.7. The van der Waals surface area contributed by atoms with Crippen molar-refractivity contribution in [3.8, 4) is 0 Å². The zero-order chi connectivity index (χ0) is 38.2. The largest absolute Gasteiger partial charge is 0.466 e. The summed E-state index contributed by atoms with van der Waals surface area (Å²) in [5, 5.41) is 6.16. The molecular weight excluding hydrogens is 672 g/mol. The van der Waals surface area contributed by atoms with Gasteiger partial charge in [0.05, 0.1) is 43.5 Å². The van der Waals surface area contributed by atoms with Crippen LogP contribution in [-0.2, 0) is 33.5 Å². The maximum atomic E-state index is 13.9. The van der Waals surface area contributed by atoms with E-state index in [2.05, 4.69) is 17.1 Å². The molecule has 1 aliphatic heterocycles. The normalized spacial score (nSPS) is 28.4. The number of ether oxygens (including phenoxy) is 1. The van der Waals surface area contributed by atoms with Gasteiger partial charge in [-0.3, -0.25) is 34.0 Å². The van der Waals surface area contributed by atoms with E-state index in [1.165, 1.54) is 14.9 Å². The van der Waals surface area contributed by atoms with E-state index in [1.54, 1.807) is 11.8 Å². The number of esters is 1. The summed E-state index contributed by atoms with van der Waals surface area (Å²) in [5.41, 5.74) is -0.876. The Kier molecular flexibility index (Phi) is 14.8. The van der Waals surface area contributed by atoms with Crippen LogP contribution >= 0.6 is 0 Å². The molecule has 0 aromatic carbocycles. The average Bonchev–Trinajstić information content (AvgIpc) is 3.22. The van der Waals surface area contributed by atoms with Gasteiger partial charge in [-0.05, 0) is 90.4 Å². The van der Waals surface area contributed by atoms with Crippen LogP contribution in [-0.4, -0.2) is 111 Å². The van der Waals surface area contributed by atoms with Crippen molar-refractivity contribution < 1.29 is 38.3 Å². The van der Waals surface area contributed by atoms with E-state index in [9.17, 15) is 28.8 Å². The van der Waals surface area contributed by atoms with Crippen molar-refractivity contribution in [2.75, 3.05) is 26.2 Å². The number of Topliss-reactive ketones (excluding diaryl/α,β-unsaturated/α-hetero) is 1. The van der Waals surface area contributed by atoms with E-state index < -0.39 is 29.4 Å². The monoisotopic (exact) mass is 734 g/mol. The number of hydrogen-bond donors (Lipinski definition) is 4. The first-order valence-corrected chi connectivity index (χ1v) is 19.2. The predicted octanol–water partition coefficient (Wildman–Crippen LogP) is 1.89. The number of ketones is 1. The number of hydrazine groups is 2. The lowest BCUT2D eigenvalue weighted by atomic mass is 9.77. The molecule has 52 heavy (non-hydrogen) atoms. The summed E-state index contributed by atoms with van der Waals surface area (Å²) >= 11 is 0. The number of rotatable bonds is 14. The Hall–Kier alpha value is -3.34. The fourth-order valence-corrected chi connectivity index (χ4v) is 8.76. The van der Waals surface area contributed by atoms with Crippen LogP contribution in [0.1, 0.15) is 118 Å². The zero-order valence-corrected chi connectivity index (χ0v) is 31.6. The molecule has 16 nitrogen and oxygen atoms in total. The fourth-order valence-electron chi connectivity index (χ4n) is 8.76. The van der Waals surface area contributed by atoms with Crippen LogP contribution in [0.4, 0.5) is 4.79 Å². The molecule has 4 amide bonds. The summed E-state index contributed by atoms with van der Waals surface area (Å²) < 4.78 is 5.07. The van der Waals surface area contributed by atoms with Crippen molar-refractivity contribution in [2.45, 2.75) is 147 Å². The van der Waals surface area contributed by atoms with Gasteiger partial charge < -0.3 is 24.7 Å². The lowest BCUT2D eigenvalue weighted by Gasteiger charge is -2.42. The number of nitrogens with two attached hydrogens (primary N) is 3. The van der Waals surface area contributed by atoms with Gasteiger partial charge >= 0.3 is 18.0 Å². The van der Waals surface area contributed by atoms with E-state index in [0.717, 1.165) is 38.5 Å². The topological polar surface area (TPSA) is 224 Å². The molecule has 0 aromatic rings. The maximum absolute atomic E-state index is 13.9. The molecule has 1 heterocycles. The van der Waals surface area contributed by atoms with Crippen LogP contribution in [0.3, 0.4) is 0 Å². The van der Waals surface area contributed by atoms with E-state index >= 15 is 0 Å². The molecule has 3 aliphatic carbocycles. The summed E-state index contributed by atoms with van der Waals surface area (Å²) in [7, 11) is 0. The minimum atomic E-state index is -0.876. The first kappa shape index (κ1) is 41.4. The Bertz CT molecular complexity index is 1290. The minimum absolute atomic E-state index is 0.00639. The SMILES string of the molecule is CCOC(=O)CCN1C(=O)CN(CCC(=O)ON)C(=O)C2CC(NC(C)(C)C(=O)CC3CCC(N(N)C(=O)N(N)C4CCCCC4C)CC3)CCC21. The van der Waals surface area contributed by atoms with Gasteiger partial charge in [-0.1, -0.05) is 19.8 Å². The summed E-state index contributed by atoms with van der Waals surface area (Å²) in [4.78, 5) is 85.5. The molecule has 294 valence electrons. The summed E-state index contributed by atoms with van der Waals surface area (Å²) in [6, 6.07) is -1.10. The molecule has 4 rings (SSSR count). The highest BCUT2D eigenvalue weighted by molar-refractivity contribution is 5.90. The van der Waals surface area contributed by atoms with Crippen molar-refractivity contribution in [3.05, 3.63) is 0 Å². The van der Waals surface area contributed by atoms with Crippen LogP contribution in [0.5, 0.6) is 0 Å². The Morgan fingerprint density at radius 2 is 1.58 bits per heavy atom. The van der Waals surface area contributed by atoms with Crippen LogP contribution in [0, 0.1) is 17.8 Å². The van der Waals surface area contributed by atoms with Crippen LogP contribution in [0.15, 0.2) is 0 Å². The van der Waals surface area contributed by atoms with Gasteiger partial charge in [-0.2, -0.15) is 5.90 Å². The molecule has 5 atom stereocenters. The first-order valence-electron chi connectivity index (χ1n) is 19.2. The molecule has 4 fully saturated rings. The van der Waals surface area contributed by atoms with Gasteiger partial charge in [0.25, 0.3) is 0 Å². The second kappa shape index (κ2) is 18.6. The van der Waals surface area contributed by atoms with Gasteiger partial charge in [0.1, 0.15) is 0 Å². The number of nitrogens with zero attached hydrogens (tertiary/aromatic N) is 4. The molecule has 0 bridgehead atoms. The number of nitrogens with one attached hydrogen (secondary N) is 1. The van der Waals surface area contributed by atoms with Crippen molar-refractivity contribution in [3.63, 3.8) is 0 Å². The molecule has 0 aromatic heterocycles. The highest BCUT2D eigenvalue weighted by Gasteiger charge is 2.46. The lowest BCUT2D eigenvalue weighted by molar-refractivity contribution is -0.147. The highest BCUT2D eigenvalue weighted by atomic mass is 16.7. The molecule has 3 saturated carbocycles. The van der Waals surface area contributed by atoms with E-state index in [0.29, 0.717) is 44.4 Å². The molecule has 0 spiro atoms. The van der Waals surface area contributed by atoms with Gasteiger partial charge in [0.15, 0.2) is 5.78 Å². The Balaban J connectivity index is 1.34. The van der Waals surface area contributed by atoms with Crippen molar-refractivity contribution in [1.82, 2.24) is 25.1 Å². The Labute approximate surface area is 307 Å². The van der Waals surface area contributed by atoms with E-state index in [-0.39, 0.29) is 86.8 Å². The molecule has 4 aliphatic rings. The van der Waals surface area contributed by atoms with Gasteiger partial charge in [0.2, 0.25) is 11.8 Å². The Morgan fingerprint density at radius 1 is 0.904 bits per heavy atom. The second-order valence-corrected chi connectivity index (χ2v) is 15.8. The zero-order valence-electron chi connectivity index (χ0n) is 31.6. The third kappa shape index (κ3) is 10.4. The molecule has 1 saturated heterocycles. The van der Waals surface area contributed by atoms with Gasteiger partial charge in [-0.25, -0.2) is 16.5 Å². The van der Waals surface area contributed by atoms with E-state index in [1.807, 2.05) is 13.8 Å². The number of amides is 4. The smallest absolute Gasteiger partial charge is 0.348 e. The summed E-state index contributed by atoms with van der Waals surface area (Å²) in [5.74, 6) is 15.9. The highest BCUT2D eigenvalue weighted by Crippen LogP contribution is 2.35. The van der Waals surface area contributed by atoms with Gasteiger partial charge in [-0.15, -0.1) is 0 Å². The van der Waals surface area contributed by atoms with E-state index in [4.69, 9.17) is 22.3 Å². The number of carbonyl (C=O) groups excluding carboxylic acids is 6. The molecule has 7 N–H and O–H groups in total. The number of fused-ring (bicyclic) bond motifs is 1. The van der Waals surface area contributed by atoms with Crippen LogP contribution in [0.2, 0.25) is 0 Å². The molecule has 0 radical (unpaired) electrons. The van der Waals surface area contributed by atoms with Crippen molar-refractivity contribution >= 4 is 35.6 Å². The quantitative estimate of drug-likeness (QED) is 0.0869. The van der Waals surface area contributed by atoms with Crippen molar-refractivity contribution in [2.24, 2.45) is 35.3 Å². The summed E-state index contributed by atoms with van der Waals surface area (Å²) in [6.07, 6.45) is 8.79. The number of carbonyl (C=O) groups is 6. The second-order valence-electron chi connectivity index (χ2n) is 15.8. The Morgan fingerprint density at radius 3 is 2.23 bits per heavy atom. The average molecular weight is 735 g/mol. The predicted molar refractivity (Wildman–Crippen MR) is 191 cm³/mol. The van der Waals surface area contributed by atoms with Gasteiger partial charge in [0, 0.05) is 37.6 Å². The number of hydrogen-bond acceptors (Lipinski definition) is 12. The molecular formula is C36H62N8O8. The fraction of sp³-hybridized carbons (Fsp3) is 0.833. The standard InChI is InChI=1S/C36H62N8O8/c1-5-51-32(47)17-19-42-29-15-12-25(21-27(29)34(49)41(22-31(42)46)18-16-33(48)52-39)40-36(3,4)30(45)20-24-10-13-26(14-11-24)43(37)35(50)44(38)28-9-7-6-8-23(28)2/h23-29,40H,5-22,37-39H2,1-4H3.